The highest BCUT2D eigenvalue weighted by Crippen LogP contribution is 2.34. The van der Waals surface area contributed by atoms with Crippen molar-refractivity contribution in [3.63, 3.8) is 0 Å². The van der Waals surface area contributed by atoms with Crippen molar-refractivity contribution in [1.82, 2.24) is 0 Å². The topological polar surface area (TPSA) is 58.9 Å². The molecule has 0 saturated heterocycles. The summed E-state index contributed by atoms with van der Waals surface area (Å²) in [6, 6.07) is 1.04. The molecule has 20 heavy (non-hydrogen) atoms. The molecule has 0 aliphatic carbocycles. The molecule has 0 aliphatic rings. The van der Waals surface area contributed by atoms with Crippen LogP contribution < -0.4 is 0 Å². The predicted molar refractivity (Wildman–Crippen MR) is 61.1 cm³/mol. The van der Waals surface area contributed by atoms with Gasteiger partial charge in [-0.1, -0.05) is 6.07 Å². The molecular formula is C12H10F4N2O2. The molecule has 108 valence electrons. The van der Waals surface area contributed by atoms with E-state index in [0.717, 1.165) is 26.0 Å². The van der Waals surface area contributed by atoms with Gasteiger partial charge in [-0.05, 0) is 26.0 Å². The summed E-state index contributed by atoms with van der Waals surface area (Å²) in [4.78, 5) is 22.1. The third-order valence-corrected chi connectivity index (χ3v) is 2.33. The molecule has 0 aliphatic heterocycles. The Morgan fingerprint density at radius 3 is 2.15 bits per heavy atom. The molecule has 0 N–H and O–H groups in total. The SMILES string of the molecule is CC(=O)C(N=Nc1cccc(C(F)(F)F)c1F)C(C)=O. The van der Waals surface area contributed by atoms with Gasteiger partial charge in [0.1, 0.15) is 5.69 Å². The van der Waals surface area contributed by atoms with E-state index >= 15 is 0 Å². The van der Waals surface area contributed by atoms with Gasteiger partial charge in [0, 0.05) is 0 Å². The average Bonchev–Trinajstić information content (AvgIpc) is 2.28. The van der Waals surface area contributed by atoms with Gasteiger partial charge in [0.05, 0.1) is 5.56 Å². The van der Waals surface area contributed by atoms with E-state index < -0.39 is 40.9 Å². The second kappa shape index (κ2) is 5.89. The van der Waals surface area contributed by atoms with Crippen molar-refractivity contribution < 1.29 is 27.2 Å². The highest BCUT2D eigenvalue weighted by Gasteiger charge is 2.35. The van der Waals surface area contributed by atoms with E-state index in [0.29, 0.717) is 6.07 Å². The van der Waals surface area contributed by atoms with Crippen LogP contribution in [-0.4, -0.2) is 17.6 Å². The van der Waals surface area contributed by atoms with E-state index in [4.69, 9.17) is 0 Å². The normalized spacial score (nSPS) is 12.2. The number of hydrogen-bond donors (Lipinski definition) is 0. The second-order valence-electron chi connectivity index (χ2n) is 3.98. The van der Waals surface area contributed by atoms with Crippen LogP contribution in [0.5, 0.6) is 0 Å². The highest BCUT2D eigenvalue weighted by atomic mass is 19.4. The van der Waals surface area contributed by atoms with Gasteiger partial charge in [0.2, 0.25) is 0 Å². The van der Waals surface area contributed by atoms with Crippen LogP contribution >= 0.6 is 0 Å². The number of hydrogen-bond acceptors (Lipinski definition) is 4. The Hall–Kier alpha value is -2.12. The van der Waals surface area contributed by atoms with E-state index in [2.05, 4.69) is 10.2 Å². The number of rotatable bonds is 4. The smallest absolute Gasteiger partial charge is 0.297 e. The first-order valence-corrected chi connectivity index (χ1v) is 5.42. The fraction of sp³-hybridized carbons (Fsp3) is 0.333. The van der Waals surface area contributed by atoms with Crippen LogP contribution in [0.15, 0.2) is 28.4 Å². The van der Waals surface area contributed by atoms with Gasteiger partial charge >= 0.3 is 6.18 Å². The Labute approximate surface area is 111 Å². The van der Waals surface area contributed by atoms with Gasteiger partial charge < -0.3 is 0 Å². The first kappa shape index (κ1) is 15.9. The number of nitrogens with zero attached hydrogens (tertiary/aromatic N) is 2. The predicted octanol–water partition coefficient (Wildman–Crippen LogP) is 3.47. The quantitative estimate of drug-likeness (QED) is 0.484. The highest BCUT2D eigenvalue weighted by molar-refractivity contribution is 6.04. The van der Waals surface area contributed by atoms with E-state index in [1.165, 1.54) is 0 Å². The molecule has 0 saturated carbocycles. The van der Waals surface area contributed by atoms with Crippen molar-refractivity contribution in [2.75, 3.05) is 0 Å². The minimum Gasteiger partial charge on any atom is -0.297 e. The van der Waals surface area contributed by atoms with Crippen molar-refractivity contribution in [1.29, 1.82) is 0 Å². The van der Waals surface area contributed by atoms with Crippen LogP contribution in [0, 0.1) is 5.82 Å². The summed E-state index contributed by atoms with van der Waals surface area (Å²) < 4.78 is 51.0. The van der Waals surface area contributed by atoms with Gasteiger partial charge in [-0.2, -0.15) is 23.4 Å². The maximum atomic E-state index is 13.6. The summed E-state index contributed by atoms with van der Waals surface area (Å²) in [7, 11) is 0. The van der Waals surface area contributed by atoms with Crippen LogP contribution in [0.1, 0.15) is 19.4 Å². The number of halogens is 4. The standard InChI is InChI=1S/C12H10F4N2O2/c1-6(19)11(7(2)20)18-17-9-5-3-4-8(10(9)13)12(14,15)16/h3-5,11H,1-2H3. The zero-order valence-electron chi connectivity index (χ0n) is 10.5. The van der Waals surface area contributed by atoms with Gasteiger partial charge in [0.25, 0.3) is 0 Å². The Morgan fingerprint density at radius 2 is 1.70 bits per heavy atom. The maximum Gasteiger partial charge on any atom is 0.419 e. The van der Waals surface area contributed by atoms with Crippen molar-refractivity contribution in [3.05, 3.63) is 29.6 Å². The third kappa shape index (κ3) is 3.69. The van der Waals surface area contributed by atoms with E-state index in [1.807, 2.05) is 0 Å². The van der Waals surface area contributed by atoms with Crippen LogP contribution in [0.3, 0.4) is 0 Å². The average molecular weight is 290 g/mol. The number of carbonyl (C=O) groups excluding carboxylic acids is 2. The number of alkyl halides is 3. The van der Waals surface area contributed by atoms with Crippen molar-refractivity contribution in [2.45, 2.75) is 26.1 Å². The number of benzene rings is 1. The molecule has 0 atom stereocenters. The lowest BCUT2D eigenvalue weighted by atomic mass is 10.1. The molecule has 0 unspecified atom stereocenters. The number of azo groups is 1. The van der Waals surface area contributed by atoms with Crippen LogP contribution in [0.4, 0.5) is 23.2 Å². The maximum absolute atomic E-state index is 13.6. The first-order chi connectivity index (χ1) is 9.14. The molecule has 0 radical (unpaired) electrons. The molecule has 1 aromatic carbocycles. The van der Waals surface area contributed by atoms with Gasteiger partial charge in [-0.25, -0.2) is 4.39 Å². The summed E-state index contributed by atoms with van der Waals surface area (Å²) in [5.41, 5.74) is -2.18. The monoisotopic (exact) mass is 290 g/mol. The summed E-state index contributed by atoms with van der Waals surface area (Å²) in [6.45, 7) is 2.15. The van der Waals surface area contributed by atoms with Crippen molar-refractivity contribution in [3.8, 4) is 0 Å². The lowest BCUT2D eigenvalue weighted by molar-refractivity contribution is -0.140. The van der Waals surface area contributed by atoms with E-state index in [-0.39, 0.29) is 0 Å². The summed E-state index contributed by atoms with van der Waals surface area (Å²) >= 11 is 0. The fourth-order valence-electron chi connectivity index (χ4n) is 1.38. The third-order valence-electron chi connectivity index (χ3n) is 2.33. The summed E-state index contributed by atoms with van der Waals surface area (Å²) in [6.07, 6.45) is -4.86. The molecule has 1 aromatic rings. The minimum atomic E-state index is -4.86. The minimum absolute atomic E-state index is 0.557. The molecule has 0 amide bonds. The zero-order chi connectivity index (χ0) is 15.5. The number of Topliss-reactive ketones (excluding diaryl/α,β-unsaturated/α-hetero) is 2. The lowest BCUT2D eigenvalue weighted by Gasteiger charge is -2.08. The largest absolute Gasteiger partial charge is 0.419 e. The van der Waals surface area contributed by atoms with Gasteiger partial charge in [-0.15, -0.1) is 0 Å². The van der Waals surface area contributed by atoms with Gasteiger partial charge in [0.15, 0.2) is 23.4 Å². The molecule has 4 nitrogen and oxygen atoms in total. The van der Waals surface area contributed by atoms with Crippen LogP contribution in [-0.2, 0) is 15.8 Å². The van der Waals surface area contributed by atoms with E-state index in [1.54, 1.807) is 0 Å². The first-order valence-electron chi connectivity index (χ1n) is 5.42. The Morgan fingerprint density at radius 1 is 1.15 bits per heavy atom. The van der Waals surface area contributed by atoms with Crippen molar-refractivity contribution >= 4 is 17.3 Å². The molecule has 0 fully saturated rings. The number of carbonyl (C=O) groups is 2. The number of ketones is 2. The fourth-order valence-corrected chi connectivity index (χ4v) is 1.38. The molecular weight excluding hydrogens is 280 g/mol. The summed E-state index contributed by atoms with van der Waals surface area (Å²) in [5.74, 6) is -2.86. The molecule has 0 spiro atoms. The van der Waals surface area contributed by atoms with Gasteiger partial charge in [-0.3, -0.25) is 9.59 Å². The molecule has 0 heterocycles. The summed E-state index contributed by atoms with van der Waals surface area (Å²) in [5, 5.41) is 6.53. The van der Waals surface area contributed by atoms with Crippen LogP contribution in [0.2, 0.25) is 0 Å². The Balaban J connectivity index is 3.16. The van der Waals surface area contributed by atoms with Crippen LogP contribution in [0.25, 0.3) is 0 Å². The lowest BCUT2D eigenvalue weighted by Crippen LogP contribution is -2.23. The second-order valence-corrected chi connectivity index (χ2v) is 3.98. The zero-order valence-corrected chi connectivity index (χ0v) is 10.5. The molecule has 0 bridgehead atoms. The molecule has 8 heteroatoms. The Bertz CT molecular complexity index is 553. The molecule has 1 rings (SSSR count). The van der Waals surface area contributed by atoms with E-state index in [9.17, 15) is 27.2 Å². The van der Waals surface area contributed by atoms with Crippen molar-refractivity contribution in [2.24, 2.45) is 10.2 Å². The molecule has 0 aromatic heterocycles. The Kier molecular flexibility index (Phi) is 4.69.